The van der Waals surface area contributed by atoms with Crippen LogP contribution in [0.5, 0.6) is 0 Å². The van der Waals surface area contributed by atoms with E-state index in [1.54, 1.807) is 11.9 Å². The standard InChI is InChI=1S/C24H21N5S/c1-28(2)20-10-8-17(9-11-20)18-12-22-23(15-26-24(22)25-13-18)19-14-27-29(16-19)30-21-6-4-3-5-7-21/h3-16H,1-2H3,(H,25,26). The predicted molar refractivity (Wildman–Crippen MR) is 125 cm³/mol. The largest absolute Gasteiger partial charge is 0.378 e. The minimum atomic E-state index is 0.877. The van der Waals surface area contributed by atoms with Crippen LogP contribution in [0.25, 0.3) is 33.3 Å². The third kappa shape index (κ3) is 3.57. The molecule has 0 unspecified atom stereocenters. The predicted octanol–water partition coefficient (Wildman–Crippen LogP) is 5.71. The number of nitrogens with one attached hydrogen (secondary N) is 1. The zero-order chi connectivity index (χ0) is 20.5. The van der Waals surface area contributed by atoms with Crippen molar-refractivity contribution in [2.45, 2.75) is 4.90 Å². The Morgan fingerprint density at radius 3 is 2.47 bits per heavy atom. The third-order valence-electron chi connectivity index (χ3n) is 5.06. The van der Waals surface area contributed by atoms with E-state index in [2.05, 4.69) is 68.6 Å². The highest BCUT2D eigenvalue weighted by atomic mass is 32.2. The first-order valence-corrected chi connectivity index (χ1v) is 10.5. The summed E-state index contributed by atoms with van der Waals surface area (Å²) in [6.07, 6.45) is 7.88. The van der Waals surface area contributed by atoms with Gasteiger partial charge in [-0.1, -0.05) is 30.3 Å². The number of hydrogen-bond acceptors (Lipinski definition) is 4. The van der Waals surface area contributed by atoms with Gasteiger partial charge in [0, 0.05) is 77.3 Å². The molecule has 5 aromatic rings. The summed E-state index contributed by atoms with van der Waals surface area (Å²) in [5, 5.41) is 5.61. The molecule has 0 saturated heterocycles. The zero-order valence-corrected chi connectivity index (χ0v) is 17.6. The van der Waals surface area contributed by atoms with Gasteiger partial charge in [-0.2, -0.15) is 5.10 Å². The highest BCUT2D eigenvalue weighted by molar-refractivity contribution is 7.97. The molecule has 3 aromatic heterocycles. The molecule has 2 aromatic carbocycles. The topological polar surface area (TPSA) is 49.7 Å². The number of benzene rings is 2. The number of nitrogens with zero attached hydrogens (tertiary/aromatic N) is 4. The molecule has 6 heteroatoms. The highest BCUT2D eigenvalue weighted by Gasteiger charge is 2.11. The second-order valence-corrected chi connectivity index (χ2v) is 8.33. The van der Waals surface area contributed by atoms with Gasteiger partial charge in [-0.05, 0) is 35.9 Å². The Morgan fingerprint density at radius 2 is 1.70 bits per heavy atom. The zero-order valence-electron chi connectivity index (χ0n) is 16.8. The van der Waals surface area contributed by atoms with Crippen LogP contribution in [0.3, 0.4) is 0 Å². The van der Waals surface area contributed by atoms with Crippen molar-refractivity contribution in [3.63, 3.8) is 0 Å². The summed E-state index contributed by atoms with van der Waals surface area (Å²) < 4.78 is 1.89. The van der Waals surface area contributed by atoms with Crippen molar-refractivity contribution < 1.29 is 0 Å². The van der Waals surface area contributed by atoms with E-state index in [0.29, 0.717) is 0 Å². The van der Waals surface area contributed by atoms with E-state index in [9.17, 15) is 0 Å². The van der Waals surface area contributed by atoms with Crippen molar-refractivity contribution >= 4 is 28.7 Å². The van der Waals surface area contributed by atoms with Crippen LogP contribution >= 0.6 is 11.9 Å². The number of H-pyrrole nitrogens is 1. The van der Waals surface area contributed by atoms with Gasteiger partial charge < -0.3 is 9.88 Å². The first-order valence-electron chi connectivity index (χ1n) is 9.71. The molecule has 5 nitrogen and oxygen atoms in total. The van der Waals surface area contributed by atoms with Crippen LogP contribution in [-0.4, -0.2) is 33.2 Å². The summed E-state index contributed by atoms with van der Waals surface area (Å²) in [4.78, 5) is 11.2. The summed E-state index contributed by atoms with van der Waals surface area (Å²) in [6, 6.07) is 21.0. The molecule has 1 N–H and O–H groups in total. The minimum Gasteiger partial charge on any atom is -0.378 e. The van der Waals surface area contributed by atoms with Gasteiger partial charge in [0.05, 0.1) is 6.20 Å². The molecule has 0 saturated carbocycles. The van der Waals surface area contributed by atoms with Crippen molar-refractivity contribution in [3.8, 4) is 22.3 Å². The van der Waals surface area contributed by atoms with Crippen molar-refractivity contribution in [1.29, 1.82) is 0 Å². The normalized spacial score (nSPS) is 11.1. The lowest BCUT2D eigenvalue weighted by Crippen LogP contribution is -2.07. The van der Waals surface area contributed by atoms with E-state index >= 15 is 0 Å². The molecule has 0 radical (unpaired) electrons. The number of rotatable bonds is 5. The second kappa shape index (κ2) is 7.72. The van der Waals surface area contributed by atoms with Crippen LogP contribution in [0.15, 0.2) is 90.3 Å². The average Bonchev–Trinajstić information content (AvgIpc) is 3.40. The first kappa shape index (κ1) is 18.5. The fourth-order valence-corrected chi connectivity index (χ4v) is 4.19. The smallest absolute Gasteiger partial charge is 0.137 e. The number of aromatic nitrogens is 4. The molecule has 3 heterocycles. The van der Waals surface area contributed by atoms with E-state index < -0.39 is 0 Å². The van der Waals surface area contributed by atoms with Gasteiger partial charge in [0.15, 0.2) is 0 Å². The van der Waals surface area contributed by atoms with Crippen LogP contribution in [-0.2, 0) is 0 Å². The van der Waals surface area contributed by atoms with Crippen LogP contribution in [0.1, 0.15) is 0 Å². The van der Waals surface area contributed by atoms with Gasteiger partial charge in [-0.3, -0.25) is 0 Å². The van der Waals surface area contributed by atoms with Crippen LogP contribution < -0.4 is 4.90 Å². The lowest BCUT2D eigenvalue weighted by atomic mass is 10.0. The fourth-order valence-electron chi connectivity index (χ4n) is 3.44. The maximum Gasteiger partial charge on any atom is 0.137 e. The number of fused-ring (bicyclic) bond motifs is 1. The number of aromatic amines is 1. The van der Waals surface area contributed by atoms with Crippen LogP contribution in [0.2, 0.25) is 0 Å². The molecule has 0 fully saturated rings. The van der Waals surface area contributed by atoms with Crippen LogP contribution in [0.4, 0.5) is 5.69 Å². The Hall–Kier alpha value is -3.51. The van der Waals surface area contributed by atoms with E-state index in [1.807, 2.05) is 55.0 Å². The molecule has 30 heavy (non-hydrogen) atoms. The minimum absolute atomic E-state index is 0.877. The third-order valence-corrected chi connectivity index (χ3v) is 5.93. The lowest BCUT2D eigenvalue weighted by molar-refractivity contribution is 1.01. The highest BCUT2D eigenvalue weighted by Crippen LogP contribution is 2.32. The average molecular weight is 412 g/mol. The quantitative estimate of drug-likeness (QED) is 0.402. The van der Waals surface area contributed by atoms with E-state index in [4.69, 9.17) is 0 Å². The van der Waals surface area contributed by atoms with Crippen molar-refractivity contribution in [2.75, 3.05) is 19.0 Å². The van der Waals surface area contributed by atoms with Gasteiger partial charge in [-0.15, -0.1) is 0 Å². The molecular weight excluding hydrogens is 390 g/mol. The molecule has 0 bridgehead atoms. The van der Waals surface area contributed by atoms with Gasteiger partial charge in [-0.25, -0.2) is 9.07 Å². The molecule has 148 valence electrons. The number of hydrogen-bond donors (Lipinski definition) is 1. The molecule has 5 rings (SSSR count). The van der Waals surface area contributed by atoms with Gasteiger partial charge in [0.2, 0.25) is 0 Å². The van der Waals surface area contributed by atoms with E-state index in [1.165, 1.54) is 5.69 Å². The van der Waals surface area contributed by atoms with Crippen molar-refractivity contribution in [3.05, 3.63) is 85.5 Å². The molecule has 0 aliphatic heterocycles. The second-order valence-electron chi connectivity index (χ2n) is 7.30. The summed E-state index contributed by atoms with van der Waals surface area (Å²) >= 11 is 1.59. The fraction of sp³-hybridized carbons (Fsp3) is 0.0833. The summed E-state index contributed by atoms with van der Waals surface area (Å²) in [5.41, 5.74) is 6.47. The Labute approximate surface area is 179 Å². The maximum absolute atomic E-state index is 4.64. The van der Waals surface area contributed by atoms with Crippen molar-refractivity contribution in [2.24, 2.45) is 0 Å². The summed E-state index contributed by atoms with van der Waals surface area (Å²) in [6.45, 7) is 0. The summed E-state index contributed by atoms with van der Waals surface area (Å²) in [5.74, 6) is 0. The number of pyridine rings is 1. The van der Waals surface area contributed by atoms with Gasteiger partial charge in [0.25, 0.3) is 0 Å². The molecule has 0 atom stereocenters. The van der Waals surface area contributed by atoms with E-state index in [-0.39, 0.29) is 0 Å². The Morgan fingerprint density at radius 1 is 0.900 bits per heavy atom. The Kier molecular flexibility index (Phi) is 4.77. The SMILES string of the molecule is CN(C)c1ccc(-c2cnc3[nH]cc(-c4cnn(Sc5ccccc5)c4)c3c2)cc1. The number of anilines is 1. The first-order chi connectivity index (χ1) is 14.7. The molecular formula is C24H21N5S. The molecule has 0 spiro atoms. The van der Waals surface area contributed by atoms with Gasteiger partial charge >= 0.3 is 0 Å². The van der Waals surface area contributed by atoms with Gasteiger partial charge in [0.1, 0.15) is 5.65 Å². The molecule has 0 aliphatic rings. The Balaban J connectivity index is 1.48. The maximum atomic E-state index is 4.64. The van der Waals surface area contributed by atoms with Crippen LogP contribution in [0, 0.1) is 0 Å². The summed E-state index contributed by atoms with van der Waals surface area (Å²) in [7, 11) is 4.09. The monoisotopic (exact) mass is 411 g/mol. The Bertz CT molecular complexity index is 1290. The lowest BCUT2D eigenvalue weighted by Gasteiger charge is -2.12. The molecule has 0 amide bonds. The molecule has 0 aliphatic carbocycles. The van der Waals surface area contributed by atoms with Crippen molar-refractivity contribution in [1.82, 2.24) is 19.2 Å². The van der Waals surface area contributed by atoms with E-state index in [0.717, 1.165) is 38.2 Å².